The highest BCUT2D eigenvalue weighted by molar-refractivity contribution is 5.95. The van der Waals surface area contributed by atoms with Crippen LogP contribution < -0.4 is 19.7 Å². The molecule has 0 saturated carbocycles. The van der Waals surface area contributed by atoms with Crippen molar-refractivity contribution in [2.45, 2.75) is 38.1 Å². The van der Waals surface area contributed by atoms with Gasteiger partial charge in [0.15, 0.2) is 6.61 Å². The SMILES string of the molecule is COc1ccccc1CC(=O)N1CCC(NC(=O)COc2ccc(N3CCCC3=O)cc2)CC1. The highest BCUT2D eigenvalue weighted by Gasteiger charge is 2.25. The number of amides is 3. The molecule has 2 aliphatic heterocycles. The summed E-state index contributed by atoms with van der Waals surface area (Å²) in [6.45, 7) is 1.88. The molecule has 1 N–H and O–H groups in total. The summed E-state index contributed by atoms with van der Waals surface area (Å²) in [7, 11) is 1.60. The van der Waals surface area contributed by atoms with Crippen LogP contribution in [0.2, 0.25) is 0 Å². The number of piperidine rings is 1. The second kappa shape index (κ2) is 11.0. The van der Waals surface area contributed by atoms with Crippen LogP contribution in [-0.2, 0) is 20.8 Å². The molecule has 2 saturated heterocycles. The van der Waals surface area contributed by atoms with Gasteiger partial charge in [-0.05, 0) is 49.6 Å². The highest BCUT2D eigenvalue weighted by atomic mass is 16.5. The summed E-state index contributed by atoms with van der Waals surface area (Å²) < 4.78 is 10.9. The van der Waals surface area contributed by atoms with E-state index in [9.17, 15) is 14.4 Å². The van der Waals surface area contributed by atoms with Crippen LogP contribution in [-0.4, -0.2) is 62.0 Å². The maximum atomic E-state index is 12.7. The molecule has 8 heteroatoms. The minimum absolute atomic E-state index is 0.0231. The molecule has 0 aromatic heterocycles. The van der Waals surface area contributed by atoms with Gasteiger partial charge in [0.25, 0.3) is 5.91 Å². The highest BCUT2D eigenvalue weighted by Crippen LogP contribution is 2.24. The molecule has 2 aromatic carbocycles. The molecule has 3 amide bonds. The summed E-state index contributed by atoms with van der Waals surface area (Å²) in [6.07, 6.45) is 3.20. The van der Waals surface area contributed by atoms with Gasteiger partial charge in [-0.3, -0.25) is 14.4 Å². The summed E-state index contributed by atoms with van der Waals surface area (Å²) in [5.41, 5.74) is 1.73. The quantitative estimate of drug-likeness (QED) is 0.647. The Morgan fingerprint density at radius 2 is 1.76 bits per heavy atom. The molecule has 2 fully saturated rings. The monoisotopic (exact) mass is 465 g/mol. The zero-order valence-corrected chi connectivity index (χ0v) is 19.5. The minimum atomic E-state index is -0.183. The van der Waals surface area contributed by atoms with Gasteiger partial charge in [0, 0.05) is 43.3 Å². The van der Waals surface area contributed by atoms with Crippen molar-refractivity contribution in [1.29, 1.82) is 0 Å². The fourth-order valence-corrected chi connectivity index (χ4v) is 4.46. The Labute approximate surface area is 199 Å². The minimum Gasteiger partial charge on any atom is -0.496 e. The third-order valence-corrected chi connectivity index (χ3v) is 6.34. The van der Waals surface area contributed by atoms with Crippen LogP contribution in [0.3, 0.4) is 0 Å². The van der Waals surface area contributed by atoms with Crippen LogP contribution in [0.25, 0.3) is 0 Å². The van der Waals surface area contributed by atoms with Gasteiger partial charge in [0.1, 0.15) is 11.5 Å². The van der Waals surface area contributed by atoms with Crippen molar-refractivity contribution in [1.82, 2.24) is 10.2 Å². The van der Waals surface area contributed by atoms with Crippen LogP contribution in [0.1, 0.15) is 31.2 Å². The molecule has 2 aliphatic rings. The Morgan fingerprint density at radius 1 is 1.03 bits per heavy atom. The van der Waals surface area contributed by atoms with Gasteiger partial charge in [-0.1, -0.05) is 18.2 Å². The second-order valence-electron chi connectivity index (χ2n) is 8.64. The molecule has 2 heterocycles. The first-order valence-electron chi connectivity index (χ1n) is 11.8. The van der Waals surface area contributed by atoms with Crippen LogP contribution in [0.15, 0.2) is 48.5 Å². The number of benzene rings is 2. The predicted molar refractivity (Wildman–Crippen MR) is 128 cm³/mol. The molecule has 0 spiro atoms. The molecule has 0 atom stereocenters. The first-order valence-corrected chi connectivity index (χ1v) is 11.8. The van der Waals surface area contributed by atoms with Crippen molar-refractivity contribution >= 4 is 23.4 Å². The molecule has 8 nitrogen and oxygen atoms in total. The van der Waals surface area contributed by atoms with Gasteiger partial charge in [-0.25, -0.2) is 0 Å². The van der Waals surface area contributed by atoms with Crippen LogP contribution in [0.4, 0.5) is 5.69 Å². The zero-order valence-electron chi connectivity index (χ0n) is 19.5. The summed E-state index contributed by atoms with van der Waals surface area (Å²) in [6, 6.07) is 14.8. The Kier molecular flexibility index (Phi) is 7.67. The fourth-order valence-electron chi connectivity index (χ4n) is 4.46. The molecule has 2 aromatic rings. The van der Waals surface area contributed by atoms with Gasteiger partial charge < -0.3 is 24.6 Å². The number of nitrogens with one attached hydrogen (secondary N) is 1. The van der Waals surface area contributed by atoms with Gasteiger partial charge in [0.05, 0.1) is 13.5 Å². The smallest absolute Gasteiger partial charge is 0.258 e. The number of ether oxygens (including phenoxy) is 2. The summed E-state index contributed by atoms with van der Waals surface area (Å²) >= 11 is 0. The zero-order chi connectivity index (χ0) is 23.9. The van der Waals surface area contributed by atoms with E-state index in [0.29, 0.717) is 44.5 Å². The van der Waals surface area contributed by atoms with E-state index in [1.807, 2.05) is 41.3 Å². The van der Waals surface area contributed by atoms with E-state index in [4.69, 9.17) is 9.47 Å². The van der Waals surface area contributed by atoms with Gasteiger partial charge in [-0.15, -0.1) is 0 Å². The van der Waals surface area contributed by atoms with E-state index >= 15 is 0 Å². The first-order chi connectivity index (χ1) is 16.5. The number of nitrogens with zero attached hydrogens (tertiary/aromatic N) is 2. The molecule has 4 rings (SSSR count). The van der Waals surface area contributed by atoms with E-state index < -0.39 is 0 Å². The molecule has 0 unspecified atom stereocenters. The number of para-hydroxylation sites is 1. The Bertz CT molecular complexity index is 1020. The Balaban J connectivity index is 1.18. The van der Waals surface area contributed by atoms with Gasteiger partial charge in [0.2, 0.25) is 11.8 Å². The summed E-state index contributed by atoms with van der Waals surface area (Å²) in [5.74, 6) is 1.33. The lowest BCUT2D eigenvalue weighted by molar-refractivity contribution is -0.131. The van der Waals surface area contributed by atoms with Gasteiger partial charge >= 0.3 is 0 Å². The van der Waals surface area contributed by atoms with Crippen molar-refractivity contribution in [3.05, 3.63) is 54.1 Å². The van der Waals surface area contributed by atoms with Gasteiger partial charge in [-0.2, -0.15) is 0 Å². The third-order valence-electron chi connectivity index (χ3n) is 6.34. The maximum Gasteiger partial charge on any atom is 0.258 e. The number of likely N-dealkylation sites (tertiary alicyclic amines) is 1. The lowest BCUT2D eigenvalue weighted by Crippen LogP contribution is -2.47. The number of hydrogen-bond donors (Lipinski definition) is 1. The van der Waals surface area contributed by atoms with Crippen LogP contribution >= 0.6 is 0 Å². The third kappa shape index (κ3) is 5.87. The topological polar surface area (TPSA) is 88.2 Å². The number of methoxy groups -OCH3 is 1. The van der Waals surface area contributed by atoms with Crippen LogP contribution in [0, 0.1) is 0 Å². The van der Waals surface area contributed by atoms with Crippen molar-refractivity contribution in [2.75, 3.05) is 38.3 Å². The molecule has 0 radical (unpaired) electrons. The molecule has 180 valence electrons. The number of hydrogen-bond acceptors (Lipinski definition) is 5. The average molecular weight is 466 g/mol. The van der Waals surface area contributed by atoms with E-state index in [-0.39, 0.29) is 30.4 Å². The normalized spacial score (nSPS) is 16.4. The number of rotatable bonds is 8. The first kappa shape index (κ1) is 23.6. The van der Waals surface area contributed by atoms with E-state index in [0.717, 1.165) is 30.0 Å². The second-order valence-corrected chi connectivity index (χ2v) is 8.64. The van der Waals surface area contributed by atoms with E-state index in [1.54, 1.807) is 24.1 Å². The molecule has 0 aliphatic carbocycles. The number of carbonyl (C=O) groups is 3. The van der Waals surface area contributed by atoms with Crippen molar-refractivity contribution in [3.63, 3.8) is 0 Å². The fraction of sp³-hybridized carbons (Fsp3) is 0.423. The molecular weight excluding hydrogens is 434 g/mol. The predicted octanol–water partition coefficient (Wildman–Crippen LogP) is 2.55. The standard InChI is InChI=1S/C26H31N3O5/c1-33-23-6-3-2-5-19(23)17-26(32)28-15-12-20(13-16-28)27-24(30)18-34-22-10-8-21(9-11-22)29-14-4-7-25(29)31/h2-3,5-6,8-11,20H,4,7,12-18H2,1H3,(H,27,30). The van der Waals surface area contributed by atoms with Crippen LogP contribution in [0.5, 0.6) is 11.5 Å². The largest absolute Gasteiger partial charge is 0.496 e. The Morgan fingerprint density at radius 3 is 2.44 bits per heavy atom. The lowest BCUT2D eigenvalue weighted by Gasteiger charge is -2.32. The molecular formula is C26H31N3O5. The average Bonchev–Trinajstić information content (AvgIpc) is 3.29. The number of anilines is 1. The van der Waals surface area contributed by atoms with Crippen molar-refractivity contribution < 1.29 is 23.9 Å². The summed E-state index contributed by atoms with van der Waals surface area (Å²) in [5, 5.41) is 3.00. The Hall–Kier alpha value is -3.55. The number of carbonyl (C=O) groups excluding carboxylic acids is 3. The van der Waals surface area contributed by atoms with E-state index in [1.165, 1.54) is 0 Å². The lowest BCUT2D eigenvalue weighted by atomic mass is 10.0. The summed E-state index contributed by atoms with van der Waals surface area (Å²) in [4.78, 5) is 40.5. The maximum absolute atomic E-state index is 12.7. The molecule has 0 bridgehead atoms. The van der Waals surface area contributed by atoms with Crippen molar-refractivity contribution in [3.8, 4) is 11.5 Å². The van der Waals surface area contributed by atoms with E-state index in [2.05, 4.69) is 5.32 Å². The molecule has 34 heavy (non-hydrogen) atoms. The van der Waals surface area contributed by atoms with Crippen molar-refractivity contribution in [2.24, 2.45) is 0 Å².